The first kappa shape index (κ1) is 33.0. The standard InChI is InChI=1S/C51H39BN2O3S/c1-28-23-32-33(51(4,5)22-21-50(32,2)3)25-36(28)53-37-27-43-42(55-40-17-9-10-18-41(40)56-43)26-34(37)52-47-38(53)24-31-29-13-6-8-16-39(29)57-49(31)46(47)30-14-12-20-45-48(30)54(52)35-15-7-11-19-44(35)58-45/h6-20,23-27H,21-22H2,1-5H3. The van der Waals surface area contributed by atoms with Crippen molar-refractivity contribution < 1.29 is 13.9 Å². The van der Waals surface area contributed by atoms with Crippen molar-refractivity contribution in [3.05, 3.63) is 138 Å². The molecule has 8 aromatic rings. The maximum Gasteiger partial charge on any atom is 0.333 e. The molecule has 0 unspecified atom stereocenters. The van der Waals surface area contributed by atoms with Crippen LogP contribution in [0.1, 0.15) is 57.2 Å². The highest BCUT2D eigenvalue weighted by Crippen LogP contribution is 2.59. The van der Waals surface area contributed by atoms with E-state index in [0.717, 1.165) is 68.0 Å². The van der Waals surface area contributed by atoms with Gasteiger partial charge in [0.1, 0.15) is 11.2 Å². The zero-order chi connectivity index (χ0) is 38.8. The lowest BCUT2D eigenvalue weighted by molar-refractivity contribution is 0.332. The first-order valence-corrected chi connectivity index (χ1v) is 21.2. The molecule has 0 spiro atoms. The van der Waals surface area contributed by atoms with Crippen LogP contribution in [0.15, 0.2) is 136 Å². The molecular weight excluding hydrogens is 731 g/mol. The van der Waals surface area contributed by atoms with Crippen LogP contribution in [-0.2, 0) is 10.8 Å². The molecule has 0 atom stereocenters. The van der Waals surface area contributed by atoms with E-state index in [4.69, 9.17) is 13.9 Å². The van der Waals surface area contributed by atoms with Crippen LogP contribution in [0, 0.1) is 6.92 Å². The highest BCUT2D eigenvalue weighted by atomic mass is 32.2. The fraction of sp³-hybridized carbons (Fsp3) is 0.176. The molecule has 0 bridgehead atoms. The summed E-state index contributed by atoms with van der Waals surface area (Å²) >= 11 is 1.85. The molecule has 5 nitrogen and oxygen atoms in total. The van der Waals surface area contributed by atoms with Gasteiger partial charge in [-0.3, -0.25) is 0 Å². The predicted octanol–water partition coefficient (Wildman–Crippen LogP) is 13.3. The smallest absolute Gasteiger partial charge is 0.333 e. The molecule has 0 saturated heterocycles. The Bertz CT molecular complexity index is 3160. The van der Waals surface area contributed by atoms with Gasteiger partial charge < -0.3 is 23.6 Å². The lowest BCUT2D eigenvalue weighted by Gasteiger charge is -2.48. The van der Waals surface area contributed by atoms with Crippen molar-refractivity contribution >= 4 is 79.9 Å². The van der Waals surface area contributed by atoms with Gasteiger partial charge in [0.05, 0.1) is 5.69 Å². The lowest BCUT2D eigenvalue weighted by Crippen LogP contribution is -2.62. The number of ether oxygens (including phenoxy) is 2. The summed E-state index contributed by atoms with van der Waals surface area (Å²) in [5, 5.41) is 2.24. The number of aryl methyl sites for hydroxylation is 1. The monoisotopic (exact) mass is 770 g/mol. The molecule has 5 aliphatic rings. The molecule has 1 aromatic heterocycles. The minimum Gasteiger partial charge on any atom is -0.455 e. The maximum atomic E-state index is 6.99. The van der Waals surface area contributed by atoms with Crippen LogP contribution in [0.25, 0.3) is 33.1 Å². The summed E-state index contributed by atoms with van der Waals surface area (Å²) in [4.78, 5) is 7.63. The minimum absolute atomic E-state index is 0.0274. The van der Waals surface area contributed by atoms with Crippen LogP contribution in [-0.4, -0.2) is 6.85 Å². The van der Waals surface area contributed by atoms with Crippen molar-refractivity contribution in [2.45, 2.75) is 68.1 Å². The molecular formula is C51H39BN2O3S. The third kappa shape index (κ3) is 4.24. The molecule has 0 fully saturated rings. The maximum absolute atomic E-state index is 6.99. The molecule has 7 aromatic carbocycles. The molecule has 58 heavy (non-hydrogen) atoms. The van der Waals surface area contributed by atoms with Gasteiger partial charge in [0.15, 0.2) is 23.0 Å². The second-order valence-corrected chi connectivity index (χ2v) is 19.0. The summed E-state index contributed by atoms with van der Waals surface area (Å²) in [6, 6.07) is 44.0. The molecule has 13 rings (SSSR count). The van der Waals surface area contributed by atoms with Crippen molar-refractivity contribution in [1.82, 2.24) is 0 Å². The van der Waals surface area contributed by atoms with Crippen molar-refractivity contribution in [3.8, 4) is 34.1 Å². The number of rotatable bonds is 1. The van der Waals surface area contributed by atoms with Gasteiger partial charge in [-0.2, -0.15) is 0 Å². The van der Waals surface area contributed by atoms with Gasteiger partial charge >= 0.3 is 6.85 Å². The highest BCUT2D eigenvalue weighted by Gasteiger charge is 2.50. The third-order valence-corrected chi connectivity index (χ3v) is 14.8. The minimum atomic E-state index is -0.191. The number of hydrogen-bond donors (Lipinski definition) is 0. The van der Waals surface area contributed by atoms with Crippen LogP contribution in [0.4, 0.5) is 28.4 Å². The summed E-state index contributed by atoms with van der Waals surface area (Å²) in [6.45, 7) is 11.8. The molecule has 0 amide bonds. The zero-order valence-corrected chi connectivity index (χ0v) is 33.9. The topological polar surface area (TPSA) is 38.1 Å². The Morgan fingerprint density at radius 3 is 2.10 bits per heavy atom. The number of nitrogens with zero attached hydrogens (tertiary/aromatic N) is 2. The number of anilines is 5. The second-order valence-electron chi connectivity index (χ2n) is 17.9. The van der Waals surface area contributed by atoms with E-state index in [0.29, 0.717) is 5.75 Å². The van der Waals surface area contributed by atoms with Crippen molar-refractivity contribution in [3.63, 3.8) is 0 Å². The SMILES string of the molecule is Cc1cc2c(cc1N1c3cc4c(cc3B3c5c1cc1c(oc6ccccc61)c5-c1cccc5c1N3c1ccccc1S5)Oc1ccccc1O4)C(C)(C)CCC2(C)C. The Kier molecular flexibility index (Phi) is 6.32. The van der Waals surface area contributed by atoms with E-state index < -0.39 is 0 Å². The second kappa shape index (κ2) is 11.1. The van der Waals surface area contributed by atoms with Gasteiger partial charge in [0, 0.05) is 60.5 Å². The number of fused-ring (bicyclic) bond motifs is 13. The van der Waals surface area contributed by atoms with Gasteiger partial charge in [0.2, 0.25) is 0 Å². The summed E-state index contributed by atoms with van der Waals surface area (Å²) in [7, 11) is 0. The van der Waals surface area contributed by atoms with Gasteiger partial charge in [-0.05, 0) is 113 Å². The first-order chi connectivity index (χ1) is 28.1. The van der Waals surface area contributed by atoms with Gasteiger partial charge in [-0.25, -0.2) is 0 Å². The Hall–Kier alpha value is -6.05. The Balaban J connectivity index is 1.19. The number of furan rings is 1. The van der Waals surface area contributed by atoms with Crippen LogP contribution in [0.3, 0.4) is 0 Å². The summed E-state index contributed by atoms with van der Waals surface area (Å²) < 4.78 is 20.5. The normalized spacial score (nSPS) is 16.9. The van der Waals surface area contributed by atoms with E-state index in [1.165, 1.54) is 61.0 Å². The van der Waals surface area contributed by atoms with E-state index in [1.807, 2.05) is 36.0 Å². The average molecular weight is 771 g/mol. The van der Waals surface area contributed by atoms with Crippen molar-refractivity contribution in [1.29, 1.82) is 0 Å². The lowest BCUT2D eigenvalue weighted by atomic mass is 9.43. The fourth-order valence-corrected chi connectivity index (χ4v) is 11.8. The van der Waals surface area contributed by atoms with Gasteiger partial charge in [0.25, 0.3) is 0 Å². The first-order valence-electron chi connectivity index (χ1n) is 20.4. The molecule has 1 aliphatic carbocycles. The number of benzene rings is 7. The highest BCUT2D eigenvalue weighted by molar-refractivity contribution is 7.99. The quantitative estimate of drug-likeness (QED) is 0.155. The van der Waals surface area contributed by atoms with E-state index in [2.05, 4.69) is 141 Å². The fourth-order valence-electron chi connectivity index (χ4n) is 10.7. The van der Waals surface area contributed by atoms with E-state index in [-0.39, 0.29) is 17.7 Å². The zero-order valence-electron chi connectivity index (χ0n) is 33.1. The van der Waals surface area contributed by atoms with Crippen LogP contribution in [0.2, 0.25) is 0 Å². The Morgan fingerprint density at radius 2 is 1.29 bits per heavy atom. The van der Waals surface area contributed by atoms with Crippen molar-refractivity contribution in [2.75, 3.05) is 9.71 Å². The molecule has 0 N–H and O–H groups in total. The summed E-state index contributed by atoms with van der Waals surface area (Å²) in [5.41, 5.74) is 16.7. The predicted molar refractivity (Wildman–Crippen MR) is 238 cm³/mol. The molecule has 5 heterocycles. The molecule has 7 heteroatoms. The van der Waals surface area contributed by atoms with E-state index in [1.54, 1.807) is 0 Å². The van der Waals surface area contributed by atoms with E-state index in [9.17, 15) is 0 Å². The summed E-state index contributed by atoms with van der Waals surface area (Å²) in [6.07, 6.45) is 2.31. The van der Waals surface area contributed by atoms with Crippen LogP contribution in [0.5, 0.6) is 23.0 Å². The molecule has 280 valence electrons. The molecule has 0 radical (unpaired) electrons. The summed E-state index contributed by atoms with van der Waals surface area (Å²) in [5.74, 6) is 2.87. The van der Waals surface area contributed by atoms with Crippen molar-refractivity contribution in [2.24, 2.45) is 0 Å². The largest absolute Gasteiger partial charge is 0.455 e. The van der Waals surface area contributed by atoms with Gasteiger partial charge in [-0.1, -0.05) is 100 Å². The molecule has 0 saturated carbocycles. The third-order valence-electron chi connectivity index (χ3n) is 13.6. The van der Waals surface area contributed by atoms with Gasteiger partial charge in [-0.15, -0.1) is 0 Å². The van der Waals surface area contributed by atoms with Crippen LogP contribution < -0.4 is 30.1 Å². The number of para-hydroxylation sites is 5. The Labute approximate surface area is 342 Å². The van der Waals surface area contributed by atoms with Crippen LogP contribution >= 0.6 is 11.8 Å². The Morgan fingerprint density at radius 1 is 0.603 bits per heavy atom. The molecule has 4 aliphatic heterocycles. The number of hydrogen-bond acceptors (Lipinski definition) is 6. The average Bonchev–Trinajstić information content (AvgIpc) is 3.60. The van der Waals surface area contributed by atoms with E-state index >= 15 is 0 Å².